The summed E-state index contributed by atoms with van der Waals surface area (Å²) in [6.45, 7) is 4.20. The highest BCUT2D eigenvalue weighted by molar-refractivity contribution is 5.55. The van der Waals surface area contributed by atoms with E-state index in [9.17, 15) is 0 Å². The summed E-state index contributed by atoms with van der Waals surface area (Å²) in [5.74, 6) is 0.491. The van der Waals surface area contributed by atoms with Crippen LogP contribution in [-0.4, -0.2) is 6.21 Å². The fraction of sp³-hybridized carbons (Fsp3) is 0.833. The van der Waals surface area contributed by atoms with E-state index in [1.807, 2.05) is 0 Å². The molecular weight excluding hydrogens is 86.1 g/mol. The Bertz CT molecular complexity index is 50.1. The SMILES string of the molecule is CCCC(C)C=N. The van der Waals surface area contributed by atoms with E-state index >= 15 is 0 Å². The van der Waals surface area contributed by atoms with Crippen LogP contribution in [0, 0.1) is 11.3 Å². The monoisotopic (exact) mass is 99.1 g/mol. The second-order valence-electron chi connectivity index (χ2n) is 1.93. The molecule has 0 heterocycles. The summed E-state index contributed by atoms with van der Waals surface area (Å²) in [5.41, 5.74) is 0. The fourth-order valence-corrected chi connectivity index (χ4v) is 0.539. The molecule has 7 heavy (non-hydrogen) atoms. The van der Waals surface area contributed by atoms with Gasteiger partial charge >= 0.3 is 0 Å². The van der Waals surface area contributed by atoms with Gasteiger partial charge in [-0.05, 0) is 18.6 Å². The standard InChI is InChI=1S/C6H13N/c1-3-4-6(2)5-7/h5-7H,3-4H2,1-2H3. The molecular formula is C6H13N. The summed E-state index contributed by atoms with van der Waals surface area (Å²) in [4.78, 5) is 0. The van der Waals surface area contributed by atoms with Gasteiger partial charge in [0.05, 0.1) is 0 Å². The first kappa shape index (κ1) is 6.67. The minimum Gasteiger partial charge on any atom is -0.313 e. The zero-order chi connectivity index (χ0) is 5.70. The predicted molar refractivity (Wildman–Crippen MR) is 32.9 cm³/mol. The van der Waals surface area contributed by atoms with Crippen LogP contribution in [0.4, 0.5) is 0 Å². The summed E-state index contributed by atoms with van der Waals surface area (Å²) >= 11 is 0. The lowest BCUT2D eigenvalue weighted by Crippen LogP contribution is -1.91. The highest BCUT2D eigenvalue weighted by Crippen LogP contribution is 1.99. The van der Waals surface area contributed by atoms with Crippen molar-refractivity contribution in [3.05, 3.63) is 0 Å². The molecule has 1 nitrogen and oxygen atoms in total. The lowest BCUT2D eigenvalue weighted by Gasteiger charge is -1.97. The van der Waals surface area contributed by atoms with Crippen LogP contribution < -0.4 is 0 Å². The van der Waals surface area contributed by atoms with Gasteiger partial charge in [0, 0.05) is 0 Å². The first-order valence-electron chi connectivity index (χ1n) is 2.81. The molecule has 0 rings (SSSR count). The molecule has 0 aliphatic heterocycles. The predicted octanol–water partition coefficient (Wildman–Crippen LogP) is 2.07. The molecule has 0 radical (unpaired) electrons. The van der Waals surface area contributed by atoms with Gasteiger partial charge in [0.15, 0.2) is 0 Å². The van der Waals surface area contributed by atoms with Gasteiger partial charge in [0.1, 0.15) is 0 Å². The average molecular weight is 99.2 g/mol. The molecule has 0 bridgehead atoms. The molecule has 1 heteroatoms. The molecule has 0 spiro atoms. The van der Waals surface area contributed by atoms with Gasteiger partial charge in [-0.1, -0.05) is 20.3 Å². The molecule has 0 aliphatic carbocycles. The molecule has 1 atom stereocenters. The van der Waals surface area contributed by atoms with E-state index in [0.29, 0.717) is 5.92 Å². The van der Waals surface area contributed by atoms with Crippen LogP contribution in [0.1, 0.15) is 26.7 Å². The molecule has 0 aliphatic rings. The van der Waals surface area contributed by atoms with Crippen molar-refractivity contribution in [2.75, 3.05) is 0 Å². The van der Waals surface area contributed by atoms with Gasteiger partial charge in [-0.15, -0.1) is 0 Å². The Morgan fingerprint density at radius 2 is 2.29 bits per heavy atom. The van der Waals surface area contributed by atoms with Crippen molar-refractivity contribution < 1.29 is 0 Å². The van der Waals surface area contributed by atoms with Crippen molar-refractivity contribution in [3.8, 4) is 0 Å². The molecule has 0 aromatic heterocycles. The van der Waals surface area contributed by atoms with Gasteiger partial charge in [-0.2, -0.15) is 0 Å². The van der Waals surface area contributed by atoms with Gasteiger partial charge in [-0.25, -0.2) is 0 Å². The number of nitrogens with one attached hydrogen (secondary N) is 1. The van der Waals surface area contributed by atoms with Crippen LogP contribution in [0.15, 0.2) is 0 Å². The second-order valence-corrected chi connectivity index (χ2v) is 1.93. The quantitative estimate of drug-likeness (QED) is 0.524. The van der Waals surface area contributed by atoms with E-state index in [0.717, 1.165) is 6.42 Å². The van der Waals surface area contributed by atoms with E-state index in [1.165, 1.54) is 12.6 Å². The zero-order valence-electron chi connectivity index (χ0n) is 5.07. The van der Waals surface area contributed by atoms with Crippen molar-refractivity contribution in [3.63, 3.8) is 0 Å². The summed E-state index contributed by atoms with van der Waals surface area (Å²) in [6.07, 6.45) is 3.85. The smallest absolute Gasteiger partial charge is 0.00195 e. The fourth-order valence-electron chi connectivity index (χ4n) is 0.539. The maximum Gasteiger partial charge on any atom is -0.00195 e. The largest absolute Gasteiger partial charge is 0.313 e. The second kappa shape index (κ2) is 3.85. The minimum absolute atomic E-state index is 0.491. The molecule has 0 amide bonds. The number of hydrogen-bond acceptors (Lipinski definition) is 1. The third-order valence-electron chi connectivity index (χ3n) is 1.03. The van der Waals surface area contributed by atoms with Crippen LogP contribution in [0.5, 0.6) is 0 Å². The molecule has 1 unspecified atom stereocenters. The summed E-state index contributed by atoms with van der Waals surface area (Å²) in [5, 5.41) is 6.79. The van der Waals surface area contributed by atoms with Gasteiger partial charge in [0.25, 0.3) is 0 Å². The van der Waals surface area contributed by atoms with Gasteiger partial charge < -0.3 is 5.41 Å². The van der Waals surface area contributed by atoms with Crippen molar-refractivity contribution in [1.29, 1.82) is 5.41 Å². The van der Waals surface area contributed by atoms with Crippen molar-refractivity contribution in [2.24, 2.45) is 5.92 Å². The Labute approximate surface area is 45.2 Å². The maximum atomic E-state index is 6.79. The first-order valence-corrected chi connectivity index (χ1v) is 2.81. The molecule has 0 fully saturated rings. The van der Waals surface area contributed by atoms with E-state index in [-0.39, 0.29) is 0 Å². The van der Waals surface area contributed by atoms with E-state index in [2.05, 4.69) is 13.8 Å². The number of hydrogen-bond donors (Lipinski definition) is 1. The minimum atomic E-state index is 0.491. The lowest BCUT2D eigenvalue weighted by atomic mass is 10.1. The molecule has 0 aromatic carbocycles. The highest BCUT2D eigenvalue weighted by atomic mass is 14.3. The average Bonchev–Trinajstić information content (AvgIpc) is 1.68. The Hall–Kier alpha value is -0.330. The van der Waals surface area contributed by atoms with Crippen LogP contribution in [0.25, 0.3) is 0 Å². The van der Waals surface area contributed by atoms with E-state index < -0.39 is 0 Å². The highest BCUT2D eigenvalue weighted by Gasteiger charge is 1.90. The first-order chi connectivity index (χ1) is 3.31. The molecule has 42 valence electrons. The van der Waals surface area contributed by atoms with E-state index in [4.69, 9.17) is 5.41 Å². The molecule has 0 saturated heterocycles. The normalized spacial score (nSPS) is 13.4. The van der Waals surface area contributed by atoms with Crippen LogP contribution in [-0.2, 0) is 0 Å². The Balaban J connectivity index is 2.98. The third-order valence-corrected chi connectivity index (χ3v) is 1.03. The third kappa shape index (κ3) is 3.50. The molecule has 0 aromatic rings. The topological polar surface area (TPSA) is 23.9 Å². The summed E-state index contributed by atoms with van der Waals surface area (Å²) in [7, 11) is 0. The van der Waals surface area contributed by atoms with Gasteiger partial charge in [0.2, 0.25) is 0 Å². The van der Waals surface area contributed by atoms with Crippen molar-refractivity contribution in [2.45, 2.75) is 26.7 Å². The van der Waals surface area contributed by atoms with Gasteiger partial charge in [-0.3, -0.25) is 0 Å². The Kier molecular flexibility index (Phi) is 3.67. The zero-order valence-corrected chi connectivity index (χ0v) is 5.07. The summed E-state index contributed by atoms with van der Waals surface area (Å²) < 4.78 is 0. The lowest BCUT2D eigenvalue weighted by molar-refractivity contribution is 0.675. The number of rotatable bonds is 3. The Morgan fingerprint density at radius 3 is 2.43 bits per heavy atom. The molecule has 0 saturated carbocycles. The summed E-state index contributed by atoms with van der Waals surface area (Å²) in [6, 6.07) is 0. The maximum absolute atomic E-state index is 6.79. The Morgan fingerprint density at radius 1 is 1.71 bits per heavy atom. The van der Waals surface area contributed by atoms with Crippen LogP contribution in [0.2, 0.25) is 0 Å². The van der Waals surface area contributed by atoms with Crippen molar-refractivity contribution >= 4 is 6.21 Å². The van der Waals surface area contributed by atoms with Crippen LogP contribution in [0.3, 0.4) is 0 Å². The van der Waals surface area contributed by atoms with Crippen molar-refractivity contribution in [1.82, 2.24) is 0 Å². The van der Waals surface area contributed by atoms with E-state index in [1.54, 1.807) is 0 Å². The molecule has 1 N–H and O–H groups in total. The van der Waals surface area contributed by atoms with Crippen LogP contribution >= 0.6 is 0 Å².